The molecule has 1 heterocycles. The molecule has 0 radical (unpaired) electrons. The first-order valence-electron chi connectivity index (χ1n) is 5.87. The number of ether oxygens (including phenoxy) is 1. The predicted octanol–water partition coefficient (Wildman–Crippen LogP) is 3.67. The van der Waals surface area contributed by atoms with Crippen LogP contribution in [0.1, 0.15) is 24.4 Å². The topological polar surface area (TPSA) is 35.2 Å². The van der Waals surface area contributed by atoms with E-state index in [1.807, 2.05) is 30.3 Å². The Morgan fingerprint density at radius 1 is 1.24 bits per heavy atom. The Kier molecular flexibility index (Phi) is 2.69. The molecular weight excluding hydrogens is 234 g/mol. The molecule has 0 saturated carbocycles. The third-order valence-electron chi connectivity index (χ3n) is 3.28. The van der Waals surface area contributed by atoms with E-state index in [1.165, 1.54) is 0 Å². The molecule has 1 aliphatic heterocycles. The van der Waals surface area contributed by atoms with E-state index in [0.717, 1.165) is 46.6 Å². The van der Waals surface area contributed by atoms with Gasteiger partial charge in [-0.1, -0.05) is 35.9 Å². The van der Waals surface area contributed by atoms with E-state index < -0.39 is 0 Å². The molecular formula is C14H14ClNO. The van der Waals surface area contributed by atoms with Gasteiger partial charge in [0.15, 0.2) is 0 Å². The summed E-state index contributed by atoms with van der Waals surface area (Å²) in [4.78, 5) is 0. The van der Waals surface area contributed by atoms with Crippen LogP contribution in [-0.4, -0.2) is 6.61 Å². The summed E-state index contributed by atoms with van der Waals surface area (Å²) >= 11 is 6.30. The molecule has 0 spiro atoms. The lowest BCUT2D eigenvalue weighted by molar-refractivity contribution is 0.319. The van der Waals surface area contributed by atoms with Gasteiger partial charge in [0.1, 0.15) is 5.75 Å². The maximum absolute atomic E-state index is 6.30. The van der Waals surface area contributed by atoms with Crippen LogP contribution in [-0.2, 0) is 0 Å². The average Bonchev–Trinajstić information content (AvgIpc) is 2.53. The van der Waals surface area contributed by atoms with E-state index in [9.17, 15) is 0 Å². The third-order valence-corrected chi connectivity index (χ3v) is 3.59. The fourth-order valence-corrected chi connectivity index (χ4v) is 2.68. The molecule has 2 aromatic rings. The molecule has 0 aliphatic carbocycles. The highest BCUT2D eigenvalue weighted by molar-refractivity contribution is 6.36. The molecule has 88 valence electrons. The summed E-state index contributed by atoms with van der Waals surface area (Å²) in [7, 11) is 0. The smallest absolute Gasteiger partial charge is 0.131 e. The molecule has 0 fully saturated rings. The van der Waals surface area contributed by atoms with Crippen molar-refractivity contribution in [3.8, 4) is 5.75 Å². The van der Waals surface area contributed by atoms with Crippen LogP contribution in [0.3, 0.4) is 0 Å². The van der Waals surface area contributed by atoms with Gasteiger partial charge < -0.3 is 10.5 Å². The van der Waals surface area contributed by atoms with Crippen molar-refractivity contribution in [2.75, 3.05) is 6.61 Å². The van der Waals surface area contributed by atoms with Gasteiger partial charge >= 0.3 is 0 Å². The normalized spacial score (nSPS) is 19.5. The quantitative estimate of drug-likeness (QED) is 0.771. The van der Waals surface area contributed by atoms with Crippen LogP contribution in [0.25, 0.3) is 10.8 Å². The first kappa shape index (κ1) is 10.9. The highest BCUT2D eigenvalue weighted by Gasteiger charge is 2.20. The van der Waals surface area contributed by atoms with E-state index in [2.05, 4.69) is 0 Å². The van der Waals surface area contributed by atoms with Crippen LogP contribution in [0, 0.1) is 0 Å². The van der Waals surface area contributed by atoms with Gasteiger partial charge in [-0.05, 0) is 18.9 Å². The maximum Gasteiger partial charge on any atom is 0.131 e. The number of rotatable bonds is 0. The number of benzene rings is 2. The van der Waals surface area contributed by atoms with Crippen LogP contribution in [0.5, 0.6) is 5.75 Å². The second-order valence-electron chi connectivity index (χ2n) is 4.42. The van der Waals surface area contributed by atoms with Gasteiger partial charge in [0, 0.05) is 27.4 Å². The van der Waals surface area contributed by atoms with Crippen molar-refractivity contribution in [1.29, 1.82) is 0 Å². The minimum Gasteiger partial charge on any atom is -0.493 e. The Balaban J connectivity index is 2.34. The Morgan fingerprint density at radius 2 is 2.00 bits per heavy atom. The Bertz CT molecular complexity index is 567. The van der Waals surface area contributed by atoms with E-state index in [-0.39, 0.29) is 6.04 Å². The number of halogens is 1. The van der Waals surface area contributed by atoms with Crippen LogP contribution in [0.15, 0.2) is 30.3 Å². The first-order valence-corrected chi connectivity index (χ1v) is 6.24. The molecule has 1 atom stereocenters. The van der Waals surface area contributed by atoms with E-state index in [4.69, 9.17) is 22.1 Å². The zero-order valence-corrected chi connectivity index (χ0v) is 10.2. The Labute approximate surface area is 105 Å². The molecule has 2 nitrogen and oxygen atoms in total. The molecule has 3 rings (SSSR count). The van der Waals surface area contributed by atoms with E-state index in [0.29, 0.717) is 0 Å². The molecule has 0 unspecified atom stereocenters. The molecule has 17 heavy (non-hydrogen) atoms. The summed E-state index contributed by atoms with van der Waals surface area (Å²) in [6, 6.07) is 10.0. The fraction of sp³-hybridized carbons (Fsp3) is 0.286. The zero-order chi connectivity index (χ0) is 11.8. The van der Waals surface area contributed by atoms with Crippen molar-refractivity contribution in [3.05, 3.63) is 40.9 Å². The lowest BCUT2D eigenvalue weighted by Gasteiger charge is -2.15. The highest BCUT2D eigenvalue weighted by Crippen LogP contribution is 2.39. The van der Waals surface area contributed by atoms with Crippen molar-refractivity contribution >= 4 is 22.4 Å². The predicted molar refractivity (Wildman–Crippen MR) is 70.6 cm³/mol. The molecule has 1 aliphatic rings. The van der Waals surface area contributed by atoms with Crippen LogP contribution in [0.4, 0.5) is 0 Å². The number of nitrogens with two attached hydrogens (primary N) is 1. The largest absolute Gasteiger partial charge is 0.493 e. The van der Waals surface area contributed by atoms with Gasteiger partial charge in [-0.15, -0.1) is 0 Å². The summed E-state index contributed by atoms with van der Waals surface area (Å²) in [5.41, 5.74) is 7.20. The minimum absolute atomic E-state index is 0.0228. The summed E-state index contributed by atoms with van der Waals surface area (Å²) in [5, 5.41) is 2.84. The lowest BCUT2D eigenvalue weighted by Crippen LogP contribution is -2.09. The van der Waals surface area contributed by atoms with Crippen molar-refractivity contribution in [2.24, 2.45) is 5.73 Å². The molecule has 0 aromatic heterocycles. The zero-order valence-electron chi connectivity index (χ0n) is 9.45. The SMILES string of the molecule is N[C@H]1CCCOc2c1cc(Cl)c1ccccc21. The van der Waals surface area contributed by atoms with E-state index >= 15 is 0 Å². The van der Waals surface area contributed by atoms with Crippen LogP contribution >= 0.6 is 11.6 Å². The number of hydrogen-bond acceptors (Lipinski definition) is 2. The van der Waals surface area contributed by atoms with Gasteiger partial charge in [-0.3, -0.25) is 0 Å². The molecule has 2 aromatic carbocycles. The van der Waals surface area contributed by atoms with Crippen LogP contribution < -0.4 is 10.5 Å². The molecule has 0 bridgehead atoms. The molecule has 3 heteroatoms. The third kappa shape index (κ3) is 1.78. The maximum atomic E-state index is 6.30. The summed E-state index contributed by atoms with van der Waals surface area (Å²) in [6.45, 7) is 0.728. The van der Waals surface area contributed by atoms with Gasteiger partial charge in [-0.25, -0.2) is 0 Å². The summed E-state index contributed by atoms with van der Waals surface area (Å²) < 4.78 is 5.85. The summed E-state index contributed by atoms with van der Waals surface area (Å²) in [6.07, 6.45) is 1.93. The Hall–Kier alpha value is -1.25. The monoisotopic (exact) mass is 247 g/mol. The van der Waals surface area contributed by atoms with E-state index in [1.54, 1.807) is 0 Å². The summed E-state index contributed by atoms with van der Waals surface area (Å²) in [5.74, 6) is 0.912. The van der Waals surface area contributed by atoms with Gasteiger partial charge in [0.25, 0.3) is 0 Å². The van der Waals surface area contributed by atoms with Gasteiger partial charge in [0.2, 0.25) is 0 Å². The molecule has 0 amide bonds. The lowest BCUT2D eigenvalue weighted by atomic mass is 9.99. The van der Waals surface area contributed by atoms with Gasteiger partial charge in [0.05, 0.1) is 6.61 Å². The minimum atomic E-state index is 0.0228. The van der Waals surface area contributed by atoms with Crippen molar-refractivity contribution in [1.82, 2.24) is 0 Å². The standard InChI is InChI=1S/C14H14ClNO/c15-12-8-11-13(16)6-3-7-17-14(11)10-5-2-1-4-9(10)12/h1-2,4-5,8,13H,3,6-7,16H2/t13-/m0/s1. The number of fused-ring (bicyclic) bond motifs is 3. The van der Waals surface area contributed by atoms with Crippen molar-refractivity contribution < 1.29 is 4.74 Å². The average molecular weight is 248 g/mol. The van der Waals surface area contributed by atoms with Crippen molar-refractivity contribution in [3.63, 3.8) is 0 Å². The second-order valence-corrected chi connectivity index (χ2v) is 4.83. The van der Waals surface area contributed by atoms with Gasteiger partial charge in [-0.2, -0.15) is 0 Å². The molecule has 2 N–H and O–H groups in total. The fourth-order valence-electron chi connectivity index (χ4n) is 2.39. The first-order chi connectivity index (χ1) is 8.27. The van der Waals surface area contributed by atoms with Crippen LogP contribution in [0.2, 0.25) is 5.02 Å². The van der Waals surface area contributed by atoms with Crippen molar-refractivity contribution in [2.45, 2.75) is 18.9 Å². The highest BCUT2D eigenvalue weighted by atomic mass is 35.5. The molecule has 0 saturated heterocycles. The second kappa shape index (κ2) is 4.21. The Morgan fingerprint density at radius 3 is 2.82 bits per heavy atom. The number of hydrogen-bond donors (Lipinski definition) is 1.